The maximum atomic E-state index is 12.0. The average Bonchev–Trinajstić information content (AvgIpc) is 3.13. The summed E-state index contributed by atoms with van der Waals surface area (Å²) in [5, 5.41) is 13.3. The highest BCUT2D eigenvalue weighted by Gasteiger charge is 2.41. The topological polar surface area (TPSA) is 65.1 Å². The predicted octanol–water partition coefficient (Wildman–Crippen LogP) is 1.91. The summed E-state index contributed by atoms with van der Waals surface area (Å²) in [6.07, 6.45) is 4.31. The van der Waals surface area contributed by atoms with Crippen molar-refractivity contribution in [2.75, 3.05) is 13.2 Å². The lowest BCUT2D eigenvalue weighted by atomic mass is 10.1. The second-order valence-electron chi connectivity index (χ2n) is 5.97. The molecule has 4 nitrogen and oxygen atoms in total. The van der Waals surface area contributed by atoms with Crippen molar-refractivity contribution in [3.63, 3.8) is 0 Å². The number of carbonyl (C=O) groups excluding carboxylic acids is 1. The normalized spacial score (nSPS) is 16.3. The molecule has 0 radical (unpaired) electrons. The highest BCUT2D eigenvalue weighted by Crippen LogP contribution is 2.44. The molecular formula is C16H20N2O2. The Hall–Kier alpha value is -1.81. The molecule has 0 atom stereocenters. The molecule has 0 spiro atoms. The van der Waals surface area contributed by atoms with Gasteiger partial charge in [-0.2, -0.15) is 0 Å². The van der Waals surface area contributed by atoms with E-state index < -0.39 is 0 Å². The molecule has 0 bridgehead atoms. The summed E-state index contributed by atoms with van der Waals surface area (Å²) in [6.45, 7) is 2.81. The second kappa shape index (κ2) is 4.94. The number of nitrogens with one attached hydrogen (secondary N) is 2. The number of aromatic amines is 1. The van der Waals surface area contributed by atoms with Crippen LogP contribution in [-0.4, -0.2) is 29.1 Å². The molecule has 2 aromatic rings. The first-order valence-electron chi connectivity index (χ1n) is 7.06. The van der Waals surface area contributed by atoms with Gasteiger partial charge in [-0.05, 0) is 37.0 Å². The number of rotatable bonds is 5. The van der Waals surface area contributed by atoms with Crippen LogP contribution in [0.15, 0.2) is 24.4 Å². The molecule has 3 N–H and O–H groups in total. The SMILES string of the molecule is Cc1ccc2c(CC(=O)NCC3(CO)CC3)c[nH]c2c1. The summed E-state index contributed by atoms with van der Waals surface area (Å²) in [6, 6.07) is 6.20. The lowest BCUT2D eigenvalue weighted by Gasteiger charge is -2.12. The zero-order chi connectivity index (χ0) is 14.2. The Kier molecular flexibility index (Phi) is 3.26. The van der Waals surface area contributed by atoms with Crippen LogP contribution in [0.1, 0.15) is 24.0 Å². The molecule has 106 valence electrons. The molecule has 3 rings (SSSR count). The van der Waals surface area contributed by atoms with E-state index in [1.165, 1.54) is 5.56 Å². The first-order valence-corrected chi connectivity index (χ1v) is 7.06. The number of amides is 1. The van der Waals surface area contributed by atoms with Crippen molar-refractivity contribution in [2.45, 2.75) is 26.2 Å². The van der Waals surface area contributed by atoms with Gasteiger partial charge in [0.2, 0.25) is 5.91 Å². The average molecular weight is 272 g/mol. The van der Waals surface area contributed by atoms with Gasteiger partial charge < -0.3 is 15.4 Å². The van der Waals surface area contributed by atoms with Crippen molar-refractivity contribution in [1.29, 1.82) is 0 Å². The number of H-pyrrole nitrogens is 1. The monoisotopic (exact) mass is 272 g/mol. The maximum absolute atomic E-state index is 12.0. The molecule has 0 saturated heterocycles. The lowest BCUT2D eigenvalue weighted by Crippen LogP contribution is -2.32. The van der Waals surface area contributed by atoms with Gasteiger partial charge in [0.25, 0.3) is 0 Å². The second-order valence-corrected chi connectivity index (χ2v) is 5.97. The highest BCUT2D eigenvalue weighted by molar-refractivity contribution is 5.89. The summed E-state index contributed by atoms with van der Waals surface area (Å²) in [5.41, 5.74) is 3.26. The minimum atomic E-state index is -0.0347. The van der Waals surface area contributed by atoms with E-state index in [0.29, 0.717) is 13.0 Å². The van der Waals surface area contributed by atoms with Crippen LogP contribution in [0.4, 0.5) is 0 Å². The molecule has 1 saturated carbocycles. The third-order valence-electron chi connectivity index (χ3n) is 4.23. The van der Waals surface area contributed by atoms with Crippen molar-refractivity contribution < 1.29 is 9.90 Å². The quantitative estimate of drug-likeness (QED) is 0.778. The molecule has 1 aliphatic carbocycles. The Morgan fingerprint density at radius 2 is 2.25 bits per heavy atom. The number of aliphatic hydroxyl groups is 1. The predicted molar refractivity (Wildman–Crippen MR) is 78.5 cm³/mol. The standard InChI is InChI=1S/C16H20N2O2/c1-11-2-3-13-12(8-17-14(13)6-11)7-15(20)18-9-16(10-19)4-5-16/h2-3,6,8,17,19H,4-5,7,9-10H2,1H3,(H,18,20). The number of aromatic nitrogens is 1. The zero-order valence-electron chi connectivity index (χ0n) is 11.7. The zero-order valence-corrected chi connectivity index (χ0v) is 11.7. The van der Waals surface area contributed by atoms with Crippen LogP contribution < -0.4 is 5.32 Å². The number of hydrogen-bond acceptors (Lipinski definition) is 2. The minimum absolute atomic E-state index is 0.0196. The fraction of sp³-hybridized carbons (Fsp3) is 0.438. The molecule has 1 heterocycles. The van der Waals surface area contributed by atoms with Crippen molar-refractivity contribution in [1.82, 2.24) is 10.3 Å². The van der Waals surface area contributed by atoms with Gasteiger partial charge >= 0.3 is 0 Å². The summed E-state index contributed by atoms with van der Waals surface area (Å²) in [5.74, 6) is 0.0196. The van der Waals surface area contributed by atoms with E-state index in [9.17, 15) is 9.90 Å². The molecule has 1 aromatic heterocycles. The Balaban J connectivity index is 1.65. The van der Waals surface area contributed by atoms with Crippen LogP contribution in [0.3, 0.4) is 0 Å². The van der Waals surface area contributed by atoms with Crippen molar-refractivity contribution in [2.24, 2.45) is 5.41 Å². The molecule has 0 aliphatic heterocycles. The van der Waals surface area contributed by atoms with Gasteiger partial charge in [-0.15, -0.1) is 0 Å². The molecule has 1 amide bonds. The van der Waals surface area contributed by atoms with E-state index in [0.717, 1.165) is 29.3 Å². The summed E-state index contributed by atoms with van der Waals surface area (Å²) in [4.78, 5) is 15.2. The van der Waals surface area contributed by atoms with E-state index in [-0.39, 0.29) is 17.9 Å². The van der Waals surface area contributed by atoms with E-state index in [4.69, 9.17) is 0 Å². The fourth-order valence-corrected chi connectivity index (χ4v) is 2.54. The van der Waals surface area contributed by atoms with Gasteiger partial charge in [0, 0.05) is 29.1 Å². The van der Waals surface area contributed by atoms with Crippen molar-refractivity contribution in [3.05, 3.63) is 35.5 Å². The van der Waals surface area contributed by atoms with Gasteiger partial charge in [-0.25, -0.2) is 0 Å². The van der Waals surface area contributed by atoms with Crippen molar-refractivity contribution >= 4 is 16.8 Å². The van der Waals surface area contributed by atoms with Crippen LogP contribution in [0.5, 0.6) is 0 Å². The first kappa shape index (κ1) is 13.2. The smallest absolute Gasteiger partial charge is 0.224 e. The van der Waals surface area contributed by atoms with Crippen LogP contribution >= 0.6 is 0 Å². The third-order valence-corrected chi connectivity index (χ3v) is 4.23. The number of carbonyl (C=O) groups is 1. The fourth-order valence-electron chi connectivity index (χ4n) is 2.54. The molecule has 1 aliphatic rings. The number of benzene rings is 1. The van der Waals surface area contributed by atoms with E-state index >= 15 is 0 Å². The van der Waals surface area contributed by atoms with Gasteiger partial charge in [-0.3, -0.25) is 4.79 Å². The molecule has 1 fully saturated rings. The maximum Gasteiger partial charge on any atom is 0.224 e. The molecule has 1 aromatic carbocycles. The molecule has 0 unspecified atom stereocenters. The van der Waals surface area contributed by atoms with Gasteiger partial charge in [0.05, 0.1) is 13.0 Å². The molecular weight excluding hydrogens is 252 g/mol. The van der Waals surface area contributed by atoms with Gasteiger partial charge in [0.15, 0.2) is 0 Å². The van der Waals surface area contributed by atoms with Gasteiger partial charge in [-0.1, -0.05) is 12.1 Å². The van der Waals surface area contributed by atoms with Crippen LogP contribution in [0, 0.1) is 12.3 Å². The van der Waals surface area contributed by atoms with Crippen LogP contribution in [0.2, 0.25) is 0 Å². The molecule has 20 heavy (non-hydrogen) atoms. The number of aryl methyl sites for hydroxylation is 1. The summed E-state index contributed by atoms with van der Waals surface area (Å²) < 4.78 is 0. The lowest BCUT2D eigenvalue weighted by molar-refractivity contribution is -0.120. The van der Waals surface area contributed by atoms with E-state index in [1.807, 2.05) is 6.20 Å². The molecule has 4 heteroatoms. The Labute approximate surface area is 118 Å². The Morgan fingerprint density at radius 1 is 1.45 bits per heavy atom. The van der Waals surface area contributed by atoms with Crippen LogP contribution in [-0.2, 0) is 11.2 Å². The van der Waals surface area contributed by atoms with E-state index in [1.54, 1.807) is 0 Å². The Morgan fingerprint density at radius 3 is 2.95 bits per heavy atom. The number of fused-ring (bicyclic) bond motifs is 1. The van der Waals surface area contributed by atoms with Gasteiger partial charge in [0.1, 0.15) is 0 Å². The van der Waals surface area contributed by atoms with Crippen LogP contribution in [0.25, 0.3) is 10.9 Å². The minimum Gasteiger partial charge on any atom is -0.396 e. The summed E-state index contributed by atoms with van der Waals surface area (Å²) in [7, 11) is 0. The van der Waals surface area contributed by atoms with E-state index in [2.05, 4.69) is 35.4 Å². The first-order chi connectivity index (χ1) is 9.62. The largest absolute Gasteiger partial charge is 0.396 e. The van der Waals surface area contributed by atoms with Crippen molar-refractivity contribution in [3.8, 4) is 0 Å². The Bertz CT molecular complexity index is 641. The third kappa shape index (κ3) is 2.56. The highest BCUT2D eigenvalue weighted by atomic mass is 16.3. The summed E-state index contributed by atoms with van der Waals surface area (Å²) >= 11 is 0. The number of aliphatic hydroxyl groups excluding tert-OH is 1. The number of hydrogen-bond donors (Lipinski definition) is 3.